The standard InChI is InChI=1S/C23H33N3O3/c1-4-29-23-14-19(8-9-22(23)28-3)15-25-11-12-26(21(17-25)10-13-27)16-20-7-5-6-18(2)24-20/h5-9,14,21,27H,4,10-13,15-17H2,1-3H3. The lowest BCUT2D eigenvalue weighted by Crippen LogP contribution is -2.52. The van der Waals surface area contributed by atoms with Crippen LogP contribution in [0.1, 0.15) is 30.3 Å². The molecule has 0 amide bonds. The van der Waals surface area contributed by atoms with Gasteiger partial charge in [-0.15, -0.1) is 0 Å². The van der Waals surface area contributed by atoms with Crippen LogP contribution in [-0.4, -0.2) is 65.9 Å². The Morgan fingerprint density at radius 3 is 2.72 bits per heavy atom. The number of ether oxygens (including phenoxy) is 2. The zero-order valence-electron chi connectivity index (χ0n) is 17.8. The molecular weight excluding hydrogens is 366 g/mol. The Balaban J connectivity index is 1.65. The molecule has 2 aromatic rings. The number of benzene rings is 1. The van der Waals surface area contributed by atoms with Gasteiger partial charge in [-0.25, -0.2) is 0 Å². The summed E-state index contributed by atoms with van der Waals surface area (Å²) in [5.41, 5.74) is 3.35. The SMILES string of the molecule is CCOc1cc(CN2CCN(Cc3cccc(C)n3)C(CCO)C2)ccc1OC. The summed E-state index contributed by atoms with van der Waals surface area (Å²) in [6, 6.07) is 12.7. The monoisotopic (exact) mass is 399 g/mol. The second kappa shape index (κ2) is 10.6. The number of methoxy groups -OCH3 is 1. The summed E-state index contributed by atoms with van der Waals surface area (Å²) in [5, 5.41) is 9.58. The molecular formula is C23H33N3O3. The minimum atomic E-state index is 0.202. The number of aliphatic hydroxyl groups excluding tert-OH is 1. The predicted molar refractivity (Wildman–Crippen MR) is 114 cm³/mol. The summed E-state index contributed by atoms with van der Waals surface area (Å²) in [5.74, 6) is 1.56. The predicted octanol–water partition coefficient (Wildman–Crippen LogP) is 2.87. The summed E-state index contributed by atoms with van der Waals surface area (Å²) in [7, 11) is 1.67. The lowest BCUT2D eigenvalue weighted by Gasteiger charge is -2.41. The van der Waals surface area contributed by atoms with E-state index < -0.39 is 0 Å². The molecule has 6 nitrogen and oxygen atoms in total. The fourth-order valence-corrected chi connectivity index (χ4v) is 3.97. The first kappa shape index (κ1) is 21.6. The smallest absolute Gasteiger partial charge is 0.161 e. The average Bonchev–Trinajstić information content (AvgIpc) is 2.71. The highest BCUT2D eigenvalue weighted by Gasteiger charge is 2.27. The Morgan fingerprint density at radius 1 is 1.14 bits per heavy atom. The van der Waals surface area contributed by atoms with Crippen molar-refractivity contribution in [2.45, 2.75) is 39.4 Å². The number of rotatable bonds is 9. The molecule has 0 spiro atoms. The van der Waals surface area contributed by atoms with Gasteiger partial charge in [-0.2, -0.15) is 0 Å². The van der Waals surface area contributed by atoms with Crippen LogP contribution in [-0.2, 0) is 13.1 Å². The topological polar surface area (TPSA) is 58.1 Å². The van der Waals surface area contributed by atoms with Crippen molar-refractivity contribution < 1.29 is 14.6 Å². The molecule has 0 aliphatic carbocycles. The third-order valence-corrected chi connectivity index (χ3v) is 5.40. The summed E-state index contributed by atoms with van der Waals surface area (Å²) in [6.07, 6.45) is 0.773. The van der Waals surface area contributed by atoms with Crippen LogP contribution in [0.15, 0.2) is 36.4 Å². The van der Waals surface area contributed by atoms with Crippen LogP contribution in [0.2, 0.25) is 0 Å². The van der Waals surface area contributed by atoms with Gasteiger partial charge in [-0.3, -0.25) is 14.8 Å². The van der Waals surface area contributed by atoms with Crippen LogP contribution < -0.4 is 9.47 Å². The van der Waals surface area contributed by atoms with Crippen LogP contribution in [0.25, 0.3) is 0 Å². The number of hydrogen-bond acceptors (Lipinski definition) is 6. The first-order valence-electron chi connectivity index (χ1n) is 10.4. The van der Waals surface area contributed by atoms with E-state index in [1.165, 1.54) is 5.56 Å². The van der Waals surface area contributed by atoms with Crippen molar-refractivity contribution in [1.29, 1.82) is 0 Å². The van der Waals surface area contributed by atoms with Crippen molar-refractivity contribution in [1.82, 2.24) is 14.8 Å². The fraction of sp³-hybridized carbons (Fsp3) is 0.522. The molecule has 6 heteroatoms. The van der Waals surface area contributed by atoms with E-state index in [9.17, 15) is 5.11 Å². The van der Waals surface area contributed by atoms with Crippen molar-refractivity contribution >= 4 is 0 Å². The Kier molecular flexibility index (Phi) is 7.86. The lowest BCUT2D eigenvalue weighted by molar-refractivity contribution is 0.0491. The second-order valence-electron chi connectivity index (χ2n) is 7.56. The fourth-order valence-electron chi connectivity index (χ4n) is 3.97. The van der Waals surface area contributed by atoms with Crippen molar-refractivity contribution in [3.05, 3.63) is 53.3 Å². The largest absolute Gasteiger partial charge is 0.493 e. The molecule has 1 fully saturated rings. The van der Waals surface area contributed by atoms with E-state index in [0.717, 1.165) is 62.0 Å². The molecule has 29 heavy (non-hydrogen) atoms. The van der Waals surface area contributed by atoms with Gasteiger partial charge < -0.3 is 14.6 Å². The molecule has 3 rings (SSSR count). The first-order valence-corrected chi connectivity index (χ1v) is 10.4. The molecule has 0 bridgehead atoms. The third kappa shape index (κ3) is 5.92. The number of aryl methyl sites for hydroxylation is 1. The van der Waals surface area contributed by atoms with Crippen molar-refractivity contribution in [3.8, 4) is 11.5 Å². The minimum absolute atomic E-state index is 0.202. The molecule has 1 aromatic carbocycles. The molecule has 1 unspecified atom stereocenters. The highest BCUT2D eigenvalue weighted by atomic mass is 16.5. The number of hydrogen-bond donors (Lipinski definition) is 1. The molecule has 1 atom stereocenters. The van der Waals surface area contributed by atoms with E-state index in [1.54, 1.807) is 7.11 Å². The van der Waals surface area contributed by atoms with Crippen LogP contribution in [0.4, 0.5) is 0 Å². The highest BCUT2D eigenvalue weighted by Crippen LogP contribution is 2.29. The van der Waals surface area contributed by atoms with E-state index in [-0.39, 0.29) is 6.61 Å². The average molecular weight is 400 g/mol. The summed E-state index contributed by atoms with van der Waals surface area (Å²) >= 11 is 0. The number of aliphatic hydroxyl groups is 1. The van der Waals surface area contributed by atoms with E-state index in [0.29, 0.717) is 12.6 Å². The van der Waals surface area contributed by atoms with Gasteiger partial charge in [-0.05, 0) is 50.1 Å². The zero-order chi connectivity index (χ0) is 20.6. The van der Waals surface area contributed by atoms with Gasteiger partial charge in [0.15, 0.2) is 11.5 Å². The van der Waals surface area contributed by atoms with Gasteiger partial charge in [0.2, 0.25) is 0 Å². The maximum Gasteiger partial charge on any atom is 0.161 e. The van der Waals surface area contributed by atoms with Crippen LogP contribution in [0.5, 0.6) is 11.5 Å². The Labute approximate surface area is 174 Å². The molecule has 0 radical (unpaired) electrons. The second-order valence-corrected chi connectivity index (χ2v) is 7.56. The van der Waals surface area contributed by atoms with Crippen molar-refractivity contribution in [2.24, 2.45) is 0 Å². The maximum atomic E-state index is 9.58. The molecule has 2 heterocycles. The quantitative estimate of drug-likeness (QED) is 0.700. The van der Waals surface area contributed by atoms with E-state index in [4.69, 9.17) is 9.47 Å². The highest BCUT2D eigenvalue weighted by molar-refractivity contribution is 5.43. The van der Waals surface area contributed by atoms with Crippen molar-refractivity contribution in [3.63, 3.8) is 0 Å². The van der Waals surface area contributed by atoms with Crippen molar-refractivity contribution in [2.75, 3.05) is 40.0 Å². The van der Waals surface area contributed by atoms with Gasteiger partial charge in [0, 0.05) is 51.1 Å². The van der Waals surface area contributed by atoms with Gasteiger partial charge in [0.25, 0.3) is 0 Å². The number of piperazine rings is 1. The molecule has 158 valence electrons. The Bertz CT molecular complexity index is 784. The normalized spacial score (nSPS) is 18.0. The molecule has 1 aliphatic rings. The number of pyridine rings is 1. The summed E-state index contributed by atoms with van der Waals surface area (Å²) in [4.78, 5) is 9.56. The molecule has 1 saturated heterocycles. The maximum absolute atomic E-state index is 9.58. The molecule has 0 saturated carbocycles. The Morgan fingerprint density at radius 2 is 2.00 bits per heavy atom. The number of aromatic nitrogens is 1. The van der Waals surface area contributed by atoms with E-state index in [1.807, 2.05) is 26.0 Å². The molecule has 1 aliphatic heterocycles. The lowest BCUT2D eigenvalue weighted by atomic mass is 10.1. The van der Waals surface area contributed by atoms with E-state index in [2.05, 4.69) is 39.0 Å². The third-order valence-electron chi connectivity index (χ3n) is 5.40. The van der Waals surface area contributed by atoms with Crippen LogP contribution in [0.3, 0.4) is 0 Å². The zero-order valence-corrected chi connectivity index (χ0v) is 17.8. The summed E-state index contributed by atoms with van der Waals surface area (Å²) < 4.78 is 11.1. The molecule has 1 N–H and O–H groups in total. The van der Waals surface area contributed by atoms with E-state index >= 15 is 0 Å². The van der Waals surface area contributed by atoms with Gasteiger partial charge in [0.1, 0.15) is 0 Å². The first-order chi connectivity index (χ1) is 14.1. The van der Waals surface area contributed by atoms with Gasteiger partial charge in [-0.1, -0.05) is 12.1 Å². The van der Waals surface area contributed by atoms with Crippen LogP contribution >= 0.6 is 0 Å². The van der Waals surface area contributed by atoms with Gasteiger partial charge >= 0.3 is 0 Å². The Hall–Kier alpha value is -2.15. The van der Waals surface area contributed by atoms with Crippen LogP contribution in [0, 0.1) is 6.92 Å². The minimum Gasteiger partial charge on any atom is -0.493 e. The molecule has 1 aromatic heterocycles. The number of nitrogens with zero attached hydrogens (tertiary/aromatic N) is 3. The van der Waals surface area contributed by atoms with Gasteiger partial charge in [0.05, 0.1) is 19.4 Å². The summed E-state index contributed by atoms with van der Waals surface area (Å²) in [6.45, 7) is 9.41.